The second-order valence-electron chi connectivity index (χ2n) is 10.2. The molecule has 31 heavy (non-hydrogen) atoms. The average Bonchev–Trinajstić information content (AvgIpc) is 3.29. The summed E-state index contributed by atoms with van der Waals surface area (Å²) in [4.78, 5) is 0. The molecule has 2 fully saturated rings. The molecule has 0 aromatic heterocycles. The third-order valence-electron chi connectivity index (χ3n) is 7.75. The number of hydrogen-bond acceptors (Lipinski definition) is 2. The molecule has 2 nitrogen and oxygen atoms in total. The lowest BCUT2D eigenvalue weighted by atomic mass is 9.74. The number of unbranched alkanes of at least 4 members (excludes halogenated alkanes) is 1. The summed E-state index contributed by atoms with van der Waals surface area (Å²) >= 11 is 0. The molecule has 0 saturated carbocycles. The van der Waals surface area contributed by atoms with E-state index in [-0.39, 0.29) is 18.3 Å². The normalized spacial score (nSPS) is 23.2. The summed E-state index contributed by atoms with van der Waals surface area (Å²) in [6.45, 7) is 11.0. The maximum Gasteiger partial charge on any atom is 0.490 e. The molecule has 0 atom stereocenters. The summed E-state index contributed by atoms with van der Waals surface area (Å²) in [5, 5.41) is 4.72. The Morgan fingerprint density at radius 2 is 1.39 bits per heavy atom. The van der Waals surface area contributed by atoms with E-state index in [1.807, 2.05) is 0 Å². The molecule has 0 spiro atoms. The zero-order valence-corrected chi connectivity index (χ0v) is 20.9. The fourth-order valence-electron chi connectivity index (χ4n) is 5.34. The van der Waals surface area contributed by atoms with Crippen molar-refractivity contribution in [3.8, 4) is 0 Å². The quantitative estimate of drug-likeness (QED) is 0.545. The molecule has 0 bridgehead atoms. The standard InChI is InChI=1S/C27H37BO2Si/c1-6-7-19-24(28-29-26(2,3)27(4,5)30-28)25-20-14-21-31(25,22-15-10-8-11-16-22)23-17-12-9-13-18-23/h8-13,15-18H,6-7,14,19-21H2,1-5H3/b25-24-. The summed E-state index contributed by atoms with van der Waals surface area (Å²) in [6.07, 6.45) is 5.84. The molecular formula is C27H37BO2Si. The van der Waals surface area contributed by atoms with Crippen molar-refractivity contribution in [1.29, 1.82) is 0 Å². The molecule has 2 saturated heterocycles. The molecule has 0 radical (unpaired) electrons. The van der Waals surface area contributed by atoms with E-state index >= 15 is 0 Å². The van der Waals surface area contributed by atoms with Gasteiger partial charge in [0.2, 0.25) is 0 Å². The van der Waals surface area contributed by atoms with Gasteiger partial charge in [0.15, 0.2) is 0 Å². The highest BCUT2D eigenvalue weighted by atomic mass is 28.3. The van der Waals surface area contributed by atoms with Crippen molar-refractivity contribution < 1.29 is 9.31 Å². The van der Waals surface area contributed by atoms with Crippen LogP contribution in [-0.4, -0.2) is 26.4 Å². The fraction of sp³-hybridized carbons (Fsp3) is 0.481. The van der Waals surface area contributed by atoms with Gasteiger partial charge < -0.3 is 9.31 Å². The van der Waals surface area contributed by atoms with Crippen LogP contribution in [0.4, 0.5) is 0 Å². The Balaban J connectivity index is 1.91. The minimum atomic E-state index is -2.07. The van der Waals surface area contributed by atoms with Gasteiger partial charge in [-0.1, -0.05) is 92.0 Å². The van der Waals surface area contributed by atoms with Crippen molar-refractivity contribution >= 4 is 25.6 Å². The predicted octanol–water partition coefficient (Wildman–Crippen LogP) is 5.70. The van der Waals surface area contributed by atoms with E-state index in [4.69, 9.17) is 9.31 Å². The Morgan fingerprint density at radius 3 is 1.87 bits per heavy atom. The maximum atomic E-state index is 6.64. The Labute approximate surface area is 190 Å². The van der Waals surface area contributed by atoms with E-state index in [1.165, 1.54) is 47.6 Å². The van der Waals surface area contributed by atoms with Crippen molar-refractivity contribution in [2.75, 3.05) is 0 Å². The molecule has 2 heterocycles. The van der Waals surface area contributed by atoms with Gasteiger partial charge in [-0.05, 0) is 62.4 Å². The molecule has 4 heteroatoms. The van der Waals surface area contributed by atoms with Gasteiger partial charge in [-0.2, -0.15) is 0 Å². The van der Waals surface area contributed by atoms with Crippen LogP contribution >= 0.6 is 0 Å². The van der Waals surface area contributed by atoms with Crippen molar-refractivity contribution in [2.24, 2.45) is 0 Å². The zero-order valence-electron chi connectivity index (χ0n) is 19.9. The van der Waals surface area contributed by atoms with Crippen LogP contribution in [0.15, 0.2) is 71.3 Å². The lowest BCUT2D eigenvalue weighted by molar-refractivity contribution is 0.00578. The highest BCUT2D eigenvalue weighted by Crippen LogP contribution is 2.44. The largest absolute Gasteiger partial charge is 0.490 e. The van der Waals surface area contributed by atoms with Crippen LogP contribution in [0.2, 0.25) is 6.04 Å². The van der Waals surface area contributed by atoms with E-state index in [1.54, 1.807) is 5.20 Å². The van der Waals surface area contributed by atoms with Crippen molar-refractivity contribution in [3.63, 3.8) is 0 Å². The molecule has 0 N–H and O–H groups in total. The number of rotatable bonds is 6. The van der Waals surface area contributed by atoms with Gasteiger partial charge >= 0.3 is 7.12 Å². The highest BCUT2D eigenvalue weighted by molar-refractivity contribution is 7.08. The number of benzene rings is 2. The second-order valence-corrected chi connectivity index (χ2v) is 14.3. The average molecular weight is 432 g/mol. The van der Waals surface area contributed by atoms with Gasteiger partial charge in [0.1, 0.15) is 8.07 Å². The van der Waals surface area contributed by atoms with Crippen molar-refractivity contribution in [1.82, 2.24) is 0 Å². The summed E-state index contributed by atoms with van der Waals surface area (Å²) in [5.41, 5.74) is 0.827. The van der Waals surface area contributed by atoms with E-state index in [0.29, 0.717) is 0 Å². The summed E-state index contributed by atoms with van der Waals surface area (Å²) < 4.78 is 13.3. The molecule has 2 aromatic rings. The Kier molecular flexibility index (Phi) is 6.35. The summed E-state index contributed by atoms with van der Waals surface area (Å²) in [7, 11) is -2.30. The van der Waals surface area contributed by atoms with Crippen LogP contribution < -0.4 is 10.4 Å². The Hall–Kier alpha value is -1.62. The van der Waals surface area contributed by atoms with Crippen LogP contribution in [0, 0.1) is 0 Å². The smallest absolute Gasteiger partial charge is 0.400 e. The molecule has 0 unspecified atom stereocenters. The lowest BCUT2D eigenvalue weighted by Crippen LogP contribution is -2.58. The molecule has 0 aliphatic carbocycles. The SMILES string of the molecule is CCCC/C(B1OC(C)(C)C(C)(C)O1)=C1\CCC[Si]1(c1ccccc1)c1ccccc1. The van der Waals surface area contributed by atoms with E-state index < -0.39 is 8.07 Å². The fourth-order valence-corrected chi connectivity index (χ4v) is 10.9. The first-order chi connectivity index (χ1) is 14.8. The zero-order chi connectivity index (χ0) is 22.1. The minimum absolute atomic E-state index is 0.232. The lowest BCUT2D eigenvalue weighted by Gasteiger charge is -2.33. The van der Waals surface area contributed by atoms with Gasteiger partial charge in [-0.25, -0.2) is 0 Å². The van der Waals surface area contributed by atoms with E-state index in [2.05, 4.69) is 95.3 Å². The maximum absolute atomic E-state index is 6.64. The van der Waals surface area contributed by atoms with Crippen molar-refractivity contribution in [3.05, 3.63) is 71.3 Å². The van der Waals surface area contributed by atoms with Crippen LogP contribution in [0.25, 0.3) is 0 Å². The van der Waals surface area contributed by atoms with Crippen LogP contribution in [0.3, 0.4) is 0 Å². The third kappa shape index (κ3) is 3.99. The summed E-state index contributed by atoms with van der Waals surface area (Å²) in [6, 6.07) is 23.9. The van der Waals surface area contributed by atoms with E-state index in [9.17, 15) is 0 Å². The van der Waals surface area contributed by atoms with Gasteiger partial charge in [0, 0.05) is 0 Å². The number of hydrogen-bond donors (Lipinski definition) is 0. The summed E-state index contributed by atoms with van der Waals surface area (Å²) in [5.74, 6) is 0. The molecule has 2 aromatic carbocycles. The molecule has 2 aliphatic heterocycles. The van der Waals surface area contributed by atoms with E-state index in [0.717, 1.165) is 6.42 Å². The number of allylic oxidation sites excluding steroid dienone is 2. The molecule has 2 aliphatic rings. The van der Waals surface area contributed by atoms with Crippen LogP contribution in [0.1, 0.15) is 66.7 Å². The van der Waals surface area contributed by atoms with Crippen LogP contribution in [0.5, 0.6) is 0 Å². The minimum Gasteiger partial charge on any atom is -0.400 e. The molecule has 0 amide bonds. The first-order valence-electron chi connectivity index (χ1n) is 12.0. The van der Waals surface area contributed by atoms with Gasteiger partial charge in [-0.15, -0.1) is 0 Å². The Morgan fingerprint density at radius 1 is 0.871 bits per heavy atom. The topological polar surface area (TPSA) is 18.5 Å². The predicted molar refractivity (Wildman–Crippen MR) is 135 cm³/mol. The van der Waals surface area contributed by atoms with Crippen molar-refractivity contribution in [2.45, 2.75) is 84.0 Å². The monoisotopic (exact) mass is 432 g/mol. The third-order valence-corrected chi connectivity index (χ3v) is 13.1. The van der Waals surface area contributed by atoms with Gasteiger partial charge in [0.05, 0.1) is 11.2 Å². The Bertz CT molecular complexity index is 865. The first kappa shape index (κ1) is 22.6. The van der Waals surface area contributed by atoms with Gasteiger partial charge in [0.25, 0.3) is 0 Å². The van der Waals surface area contributed by atoms with Gasteiger partial charge in [-0.3, -0.25) is 0 Å². The highest BCUT2D eigenvalue weighted by Gasteiger charge is 2.55. The molecule has 4 rings (SSSR count). The molecular weight excluding hydrogens is 395 g/mol. The first-order valence-corrected chi connectivity index (χ1v) is 14.2. The van der Waals surface area contributed by atoms with Crippen LogP contribution in [-0.2, 0) is 9.31 Å². The second kappa shape index (κ2) is 8.73. The molecule has 164 valence electrons.